The van der Waals surface area contributed by atoms with E-state index in [9.17, 15) is 45.6 Å². The molecule has 0 amide bonds. The number of hydrogen-bond donors (Lipinski definition) is 8. The Morgan fingerprint density at radius 3 is 2.22 bits per heavy atom. The van der Waals surface area contributed by atoms with Gasteiger partial charge in [-0.3, -0.25) is 4.79 Å². The topological polar surface area (TPSA) is 229 Å². The highest BCUT2D eigenvalue weighted by atomic mass is 16.8. The molecular formula is C27H30O14. The van der Waals surface area contributed by atoms with E-state index in [1.165, 1.54) is 43.3 Å². The summed E-state index contributed by atoms with van der Waals surface area (Å²) in [5.74, 6) is -0.498. The summed E-state index contributed by atoms with van der Waals surface area (Å²) in [5.41, 5.74) is -0.182. The van der Waals surface area contributed by atoms with E-state index >= 15 is 0 Å². The summed E-state index contributed by atoms with van der Waals surface area (Å²) < 4.78 is 28.4. The van der Waals surface area contributed by atoms with Gasteiger partial charge in [0.1, 0.15) is 70.6 Å². The Hall–Kier alpha value is -3.31. The Kier molecular flexibility index (Phi) is 8.20. The molecule has 2 aliphatic heterocycles. The Morgan fingerprint density at radius 2 is 1.54 bits per heavy atom. The second-order valence-corrected chi connectivity index (χ2v) is 9.94. The predicted octanol–water partition coefficient (Wildman–Crippen LogP) is -1.10. The summed E-state index contributed by atoms with van der Waals surface area (Å²) in [6.07, 6.45) is -15.3. The third kappa shape index (κ3) is 5.61. The standard InChI is InChI=1S/C27H30O14/c1-10-20(32)22(34)24(36)26(37-10)41-25-23(35)21(33)18(9-28)40-27(25)38-13-6-14(30)19-15(31)8-16(39-17(19)7-13)11-2-4-12(29)5-3-11/h2-8,10,18,20-30,32-36H,9H2,1H3/t10-,18-,20-,21+,22-,23+,24-,25+,26-,27+/m0/s1. The second-order valence-electron chi connectivity index (χ2n) is 9.94. The minimum atomic E-state index is -1.76. The Labute approximate surface area is 231 Å². The molecular weight excluding hydrogens is 548 g/mol. The van der Waals surface area contributed by atoms with Crippen molar-refractivity contribution in [3.05, 3.63) is 52.7 Å². The van der Waals surface area contributed by atoms with Crippen LogP contribution in [0.25, 0.3) is 22.3 Å². The average Bonchev–Trinajstić information content (AvgIpc) is 2.94. The molecule has 2 fully saturated rings. The van der Waals surface area contributed by atoms with Crippen molar-refractivity contribution < 1.29 is 64.2 Å². The van der Waals surface area contributed by atoms with Gasteiger partial charge in [-0.1, -0.05) is 0 Å². The van der Waals surface area contributed by atoms with Crippen molar-refractivity contribution in [2.75, 3.05) is 6.61 Å². The maximum Gasteiger partial charge on any atom is 0.229 e. The van der Waals surface area contributed by atoms with Crippen LogP contribution in [-0.2, 0) is 14.2 Å². The minimum Gasteiger partial charge on any atom is -0.508 e. The number of benzene rings is 2. The molecule has 41 heavy (non-hydrogen) atoms. The number of phenols is 2. The van der Waals surface area contributed by atoms with Crippen LogP contribution >= 0.6 is 0 Å². The molecule has 2 aliphatic rings. The number of aromatic hydroxyl groups is 2. The molecule has 3 heterocycles. The third-order valence-electron chi connectivity index (χ3n) is 7.11. The van der Waals surface area contributed by atoms with Gasteiger partial charge in [-0.05, 0) is 31.2 Å². The van der Waals surface area contributed by atoms with Crippen LogP contribution in [0.3, 0.4) is 0 Å². The number of aliphatic hydroxyl groups is 6. The number of rotatable bonds is 6. The first kappa shape index (κ1) is 29.2. The molecule has 1 aromatic heterocycles. The summed E-state index contributed by atoms with van der Waals surface area (Å²) in [4.78, 5) is 12.8. The molecule has 0 bridgehead atoms. The highest BCUT2D eigenvalue weighted by molar-refractivity contribution is 5.86. The molecule has 0 spiro atoms. The van der Waals surface area contributed by atoms with Gasteiger partial charge in [-0.2, -0.15) is 0 Å². The molecule has 0 saturated carbocycles. The molecule has 3 aromatic rings. The van der Waals surface area contributed by atoms with Crippen molar-refractivity contribution in [2.24, 2.45) is 0 Å². The molecule has 0 unspecified atom stereocenters. The summed E-state index contributed by atoms with van der Waals surface area (Å²) in [6, 6.07) is 9.38. The van der Waals surface area contributed by atoms with Crippen LogP contribution in [0.15, 0.2) is 51.7 Å². The van der Waals surface area contributed by atoms with E-state index < -0.39 is 79.2 Å². The lowest BCUT2D eigenvalue weighted by Gasteiger charge is -2.45. The van der Waals surface area contributed by atoms with Crippen molar-refractivity contribution in [2.45, 2.75) is 68.3 Å². The lowest BCUT2D eigenvalue weighted by molar-refractivity contribution is -0.354. The van der Waals surface area contributed by atoms with E-state index in [1.54, 1.807) is 0 Å². The fourth-order valence-electron chi connectivity index (χ4n) is 4.79. The second kappa shape index (κ2) is 11.5. The normalized spacial score (nSPS) is 34.0. The molecule has 0 radical (unpaired) electrons. The van der Waals surface area contributed by atoms with Gasteiger partial charge < -0.3 is 64.2 Å². The molecule has 0 aliphatic carbocycles. The molecule has 8 N–H and O–H groups in total. The highest BCUT2D eigenvalue weighted by Crippen LogP contribution is 2.35. The van der Waals surface area contributed by atoms with Gasteiger partial charge >= 0.3 is 0 Å². The van der Waals surface area contributed by atoms with Crippen molar-refractivity contribution in [3.63, 3.8) is 0 Å². The first-order chi connectivity index (χ1) is 19.5. The van der Waals surface area contributed by atoms with Crippen LogP contribution in [0, 0.1) is 0 Å². The molecule has 2 saturated heterocycles. The molecule has 5 rings (SSSR count). The summed E-state index contributed by atoms with van der Waals surface area (Å²) in [6.45, 7) is 0.704. The van der Waals surface area contributed by atoms with Gasteiger partial charge in [-0.25, -0.2) is 0 Å². The largest absolute Gasteiger partial charge is 0.508 e. The predicted molar refractivity (Wildman–Crippen MR) is 137 cm³/mol. The molecule has 222 valence electrons. The fourth-order valence-corrected chi connectivity index (χ4v) is 4.79. The zero-order chi connectivity index (χ0) is 29.6. The molecule has 14 nitrogen and oxygen atoms in total. The van der Waals surface area contributed by atoms with Crippen LogP contribution in [0.2, 0.25) is 0 Å². The first-order valence-electron chi connectivity index (χ1n) is 12.7. The number of ether oxygens (including phenoxy) is 4. The number of hydrogen-bond acceptors (Lipinski definition) is 14. The van der Waals surface area contributed by atoms with Gasteiger partial charge in [0.2, 0.25) is 6.29 Å². The lowest BCUT2D eigenvalue weighted by Crippen LogP contribution is -2.64. The van der Waals surface area contributed by atoms with Crippen molar-refractivity contribution in [1.82, 2.24) is 0 Å². The zero-order valence-corrected chi connectivity index (χ0v) is 21.5. The number of aliphatic hydroxyl groups excluding tert-OH is 6. The smallest absolute Gasteiger partial charge is 0.229 e. The van der Waals surface area contributed by atoms with E-state index in [1.807, 2.05) is 0 Å². The third-order valence-corrected chi connectivity index (χ3v) is 7.11. The maximum atomic E-state index is 12.8. The SMILES string of the molecule is C[C@@H]1O[C@@H](O[C@H]2[C@H](Oc3cc(O)c4c(=O)cc(-c5ccc(O)cc5)oc4c3)O[C@@H](CO)[C@@H](O)[C@H]2O)[C@@H](O)[C@@H](O)[C@H]1O. The summed E-state index contributed by atoms with van der Waals surface area (Å²) in [7, 11) is 0. The lowest BCUT2D eigenvalue weighted by atomic mass is 9.97. The van der Waals surface area contributed by atoms with Crippen molar-refractivity contribution >= 4 is 11.0 Å². The zero-order valence-electron chi connectivity index (χ0n) is 21.5. The van der Waals surface area contributed by atoms with Gasteiger partial charge in [0.15, 0.2) is 17.8 Å². The Morgan fingerprint density at radius 1 is 0.829 bits per heavy atom. The van der Waals surface area contributed by atoms with Crippen LogP contribution in [-0.4, -0.2) is 109 Å². The quantitative estimate of drug-likeness (QED) is 0.174. The van der Waals surface area contributed by atoms with E-state index in [0.29, 0.717) is 5.56 Å². The van der Waals surface area contributed by atoms with Crippen LogP contribution in [0.5, 0.6) is 17.2 Å². The Balaban J connectivity index is 1.47. The van der Waals surface area contributed by atoms with Gasteiger partial charge in [0.05, 0.1) is 12.7 Å². The van der Waals surface area contributed by atoms with Gasteiger partial charge in [0, 0.05) is 23.8 Å². The van der Waals surface area contributed by atoms with Crippen LogP contribution in [0.1, 0.15) is 6.92 Å². The van der Waals surface area contributed by atoms with Crippen LogP contribution < -0.4 is 10.2 Å². The summed E-state index contributed by atoms with van der Waals surface area (Å²) in [5, 5.41) is 81.4. The van der Waals surface area contributed by atoms with Gasteiger partial charge in [-0.15, -0.1) is 0 Å². The summed E-state index contributed by atoms with van der Waals surface area (Å²) >= 11 is 0. The maximum absolute atomic E-state index is 12.8. The minimum absolute atomic E-state index is 0.00857. The highest BCUT2D eigenvalue weighted by Gasteiger charge is 2.50. The number of fused-ring (bicyclic) bond motifs is 1. The van der Waals surface area contributed by atoms with E-state index in [-0.39, 0.29) is 28.2 Å². The van der Waals surface area contributed by atoms with Crippen molar-refractivity contribution in [1.29, 1.82) is 0 Å². The molecule has 14 heteroatoms. The molecule has 2 aromatic carbocycles. The van der Waals surface area contributed by atoms with Crippen LogP contribution in [0.4, 0.5) is 0 Å². The fraction of sp³-hybridized carbons (Fsp3) is 0.444. The average molecular weight is 579 g/mol. The monoisotopic (exact) mass is 578 g/mol. The molecule has 10 atom stereocenters. The van der Waals surface area contributed by atoms with E-state index in [4.69, 9.17) is 23.4 Å². The Bertz CT molecular complexity index is 1420. The van der Waals surface area contributed by atoms with E-state index in [0.717, 1.165) is 6.07 Å². The van der Waals surface area contributed by atoms with E-state index in [2.05, 4.69) is 0 Å². The first-order valence-corrected chi connectivity index (χ1v) is 12.7. The van der Waals surface area contributed by atoms with Gasteiger partial charge in [0.25, 0.3) is 0 Å². The number of phenolic OH excluding ortho intramolecular Hbond substituents is 2. The van der Waals surface area contributed by atoms with Crippen molar-refractivity contribution in [3.8, 4) is 28.6 Å².